The van der Waals surface area contributed by atoms with E-state index in [1.165, 1.54) is 0 Å². The van der Waals surface area contributed by atoms with E-state index in [1.807, 2.05) is 24.3 Å². The number of benzene rings is 1. The van der Waals surface area contributed by atoms with Crippen molar-refractivity contribution < 1.29 is 9.90 Å². The van der Waals surface area contributed by atoms with Crippen molar-refractivity contribution in [2.24, 2.45) is 0 Å². The Morgan fingerprint density at radius 1 is 1.18 bits per heavy atom. The Hall–Kier alpha value is -1.55. The number of hydrogen-bond donors (Lipinski definition) is 1. The van der Waals surface area contributed by atoms with Crippen molar-refractivity contribution in [1.82, 2.24) is 4.90 Å². The average molecular weight is 234 g/mol. The minimum absolute atomic E-state index is 0.0287. The summed E-state index contributed by atoms with van der Waals surface area (Å²) in [6.07, 6.45) is 0. The first-order valence-electron chi connectivity index (χ1n) is 5.75. The van der Waals surface area contributed by atoms with Crippen LogP contribution in [0.1, 0.15) is 19.4 Å². The van der Waals surface area contributed by atoms with Crippen LogP contribution in [0.4, 0.5) is 10.5 Å². The minimum atomic E-state index is -0.843. The topological polar surface area (TPSA) is 43.8 Å². The van der Waals surface area contributed by atoms with Gasteiger partial charge in [0.1, 0.15) is 0 Å². The number of carbonyl (C=O) groups is 1. The van der Waals surface area contributed by atoms with Gasteiger partial charge in [0.25, 0.3) is 0 Å². The predicted octanol–water partition coefficient (Wildman–Crippen LogP) is 1.79. The minimum Gasteiger partial charge on any atom is -0.386 e. The number of urea groups is 1. The number of aliphatic hydroxyl groups is 1. The van der Waals surface area contributed by atoms with Crippen LogP contribution in [-0.2, 0) is 5.60 Å². The molecule has 4 nitrogen and oxygen atoms in total. The number of anilines is 1. The van der Waals surface area contributed by atoms with Crippen LogP contribution in [0.15, 0.2) is 24.3 Å². The summed E-state index contributed by atoms with van der Waals surface area (Å²) < 4.78 is 0. The average Bonchev–Trinajstić information content (AvgIpc) is 2.59. The van der Waals surface area contributed by atoms with Gasteiger partial charge in [-0.1, -0.05) is 12.1 Å². The molecule has 1 heterocycles. The molecule has 1 aliphatic rings. The zero-order valence-electron chi connectivity index (χ0n) is 10.5. The fraction of sp³-hybridized carbons (Fsp3) is 0.462. The van der Waals surface area contributed by atoms with E-state index in [1.54, 1.807) is 30.7 Å². The van der Waals surface area contributed by atoms with Crippen molar-refractivity contribution in [1.29, 1.82) is 0 Å². The Balaban J connectivity index is 2.22. The van der Waals surface area contributed by atoms with Gasteiger partial charge in [0, 0.05) is 25.8 Å². The molecule has 0 radical (unpaired) electrons. The van der Waals surface area contributed by atoms with Crippen molar-refractivity contribution in [3.05, 3.63) is 29.8 Å². The number of rotatable bonds is 2. The van der Waals surface area contributed by atoms with Crippen LogP contribution in [-0.4, -0.2) is 36.2 Å². The highest BCUT2D eigenvalue weighted by atomic mass is 16.3. The Morgan fingerprint density at radius 3 is 2.18 bits per heavy atom. The molecule has 2 rings (SSSR count). The van der Waals surface area contributed by atoms with Crippen LogP contribution in [0.25, 0.3) is 0 Å². The molecule has 1 saturated heterocycles. The largest absolute Gasteiger partial charge is 0.386 e. The van der Waals surface area contributed by atoms with E-state index >= 15 is 0 Å². The quantitative estimate of drug-likeness (QED) is 0.847. The van der Waals surface area contributed by atoms with Crippen molar-refractivity contribution >= 4 is 11.7 Å². The van der Waals surface area contributed by atoms with E-state index in [4.69, 9.17) is 0 Å². The number of likely N-dealkylation sites (N-methyl/N-ethyl adjacent to an activating group) is 1. The van der Waals surface area contributed by atoms with Crippen LogP contribution in [0.2, 0.25) is 0 Å². The van der Waals surface area contributed by atoms with Crippen molar-refractivity contribution in [3.8, 4) is 0 Å². The molecule has 0 spiro atoms. The van der Waals surface area contributed by atoms with Gasteiger partial charge < -0.3 is 10.0 Å². The molecule has 92 valence electrons. The normalized spacial score (nSPS) is 16.8. The summed E-state index contributed by atoms with van der Waals surface area (Å²) in [5.74, 6) is 0. The molecule has 0 saturated carbocycles. The molecule has 0 aliphatic carbocycles. The second-order valence-electron chi connectivity index (χ2n) is 4.96. The van der Waals surface area contributed by atoms with Gasteiger partial charge in [0.05, 0.1) is 5.60 Å². The molecule has 1 N–H and O–H groups in total. The van der Waals surface area contributed by atoms with Gasteiger partial charge in [-0.25, -0.2) is 4.79 Å². The Labute approximate surface area is 101 Å². The summed E-state index contributed by atoms with van der Waals surface area (Å²) in [6.45, 7) is 4.97. The fourth-order valence-corrected chi connectivity index (χ4v) is 1.94. The molecule has 1 aromatic rings. The molecule has 4 heteroatoms. The Bertz CT molecular complexity index is 420. The summed E-state index contributed by atoms with van der Waals surface area (Å²) >= 11 is 0. The van der Waals surface area contributed by atoms with E-state index in [-0.39, 0.29) is 6.03 Å². The molecule has 0 atom stereocenters. The summed E-state index contributed by atoms with van der Waals surface area (Å²) in [7, 11) is 1.80. The van der Waals surface area contributed by atoms with Gasteiger partial charge in [-0.2, -0.15) is 0 Å². The molecule has 2 amide bonds. The molecular formula is C13H18N2O2. The SMILES string of the molecule is CN1CCN(c2ccc(C(C)(C)O)cc2)C1=O. The van der Waals surface area contributed by atoms with Crippen LogP contribution >= 0.6 is 0 Å². The standard InChI is InChI=1S/C13H18N2O2/c1-13(2,17)10-4-6-11(7-5-10)15-9-8-14(3)12(15)16/h4-7,17H,8-9H2,1-3H3. The maximum Gasteiger partial charge on any atom is 0.324 e. The first kappa shape index (κ1) is 11.9. The lowest BCUT2D eigenvalue weighted by atomic mass is 9.98. The van der Waals surface area contributed by atoms with E-state index in [2.05, 4.69) is 0 Å². The van der Waals surface area contributed by atoms with E-state index < -0.39 is 5.60 Å². The third-order valence-corrected chi connectivity index (χ3v) is 3.10. The summed E-state index contributed by atoms with van der Waals surface area (Å²) in [5.41, 5.74) is 0.887. The second-order valence-corrected chi connectivity index (χ2v) is 4.96. The molecule has 0 unspecified atom stereocenters. The van der Waals surface area contributed by atoms with Gasteiger partial charge >= 0.3 is 6.03 Å². The molecule has 1 fully saturated rings. The maximum absolute atomic E-state index is 11.8. The Morgan fingerprint density at radius 2 is 1.76 bits per heavy atom. The van der Waals surface area contributed by atoms with Gasteiger partial charge in [0.15, 0.2) is 0 Å². The first-order chi connectivity index (χ1) is 7.89. The highest BCUT2D eigenvalue weighted by Gasteiger charge is 2.26. The monoisotopic (exact) mass is 234 g/mol. The lowest BCUT2D eigenvalue weighted by molar-refractivity contribution is 0.0786. The summed E-state index contributed by atoms with van der Waals surface area (Å²) in [5, 5.41) is 9.85. The summed E-state index contributed by atoms with van der Waals surface area (Å²) in [6, 6.07) is 7.51. The van der Waals surface area contributed by atoms with E-state index in [0.717, 1.165) is 24.3 Å². The predicted molar refractivity (Wildman–Crippen MR) is 67.1 cm³/mol. The fourth-order valence-electron chi connectivity index (χ4n) is 1.94. The maximum atomic E-state index is 11.8. The highest BCUT2D eigenvalue weighted by Crippen LogP contribution is 2.24. The first-order valence-corrected chi connectivity index (χ1v) is 5.75. The van der Waals surface area contributed by atoms with Gasteiger partial charge in [-0.05, 0) is 31.5 Å². The van der Waals surface area contributed by atoms with Crippen LogP contribution < -0.4 is 4.90 Å². The summed E-state index contributed by atoms with van der Waals surface area (Å²) in [4.78, 5) is 15.2. The lowest BCUT2D eigenvalue weighted by Crippen LogP contribution is -2.29. The molecule has 1 aromatic carbocycles. The van der Waals surface area contributed by atoms with Crippen LogP contribution in [0.5, 0.6) is 0 Å². The van der Waals surface area contributed by atoms with Crippen molar-refractivity contribution in [2.45, 2.75) is 19.4 Å². The third kappa shape index (κ3) is 2.26. The van der Waals surface area contributed by atoms with E-state index in [0.29, 0.717) is 0 Å². The van der Waals surface area contributed by atoms with Gasteiger partial charge in [-0.3, -0.25) is 4.90 Å². The molecule has 0 bridgehead atoms. The third-order valence-electron chi connectivity index (χ3n) is 3.10. The van der Waals surface area contributed by atoms with E-state index in [9.17, 15) is 9.90 Å². The molecular weight excluding hydrogens is 216 g/mol. The van der Waals surface area contributed by atoms with Crippen LogP contribution in [0.3, 0.4) is 0 Å². The number of nitrogens with zero attached hydrogens (tertiary/aromatic N) is 2. The Kier molecular flexibility index (Phi) is 2.83. The van der Waals surface area contributed by atoms with Gasteiger partial charge in [-0.15, -0.1) is 0 Å². The number of amides is 2. The smallest absolute Gasteiger partial charge is 0.324 e. The second kappa shape index (κ2) is 4.04. The van der Waals surface area contributed by atoms with Crippen molar-refractivity contribution in [2.75, 3.05) is 25.0 Å². The van der Waals surface area contributed by atoms with Crippen LogP contribution in [0, 0.1) is 0 Å². The molecule has 17 heavy (non-hydrogen) atoms. The highest BCUT2D eigenvalue weighted by molar-refractivity contribution is 5.93. The zero-order chi connectivity index (χ0) is 12.6. The zero-order valence-corrected chi connectivity index (χ0v) is 10.5. The molecule has 1 aliphatic heterocycles. The number of carbonyl (C=O) groups excluding carboxylic acids is 1. The van der Waals surface area contributed by atoms with Gasteiger partial charge in [0.2, 0.25) is 0 Å². The van der Waals surface area contributed by atoms with Crippen molar-refractivity contribution in [3.63, 3.8) is 0 Å². The molecule has 0 aromatic heterocycles. The lowest BCUT2D eigenvalue weighted by Gasteiger charge is -2.20. The number of hydrogen-bond acceptors (Lipinski definition) is 2.